The summed E-state index contributed by atoms with van der Waals surface area (Å²) < 4.78 is 10.4. The van der Waals surface area contributed by atoms with Gasteiger partial charge in [-0.05, 0) is 24.5 Å². The van der Waals surface area contributed by atoms with Crippen LogP contribution in [0, 0.1) is 5.92 Å². The highest BCUT2D eigenvalue weighted by molar-refractivity contribution is 5.69. The molecule has 0 fully saturated rings. The zero-order valence-electron chi connectivity index (χ0n) is 13.9. The molecule has 4 nitrogen and oxygen atoms in total. The van der Waals surface area contributed by atoms with Crippen molar-refractivity contribution >= 4 is 5.97 Å². The van der Waals surface area contributed by atoms with Crippen molar-refractivity contribution in [2.75, 3.05) is 7.11 Å². The monoisotopic (exact) mass is 308 g/mol. The minimum Gasteiger partial charge on any atom is -0.508 e. The number of aromatic hydroxyl groups is 1. The molecule has 1 aromatic rings. The quantitative estimate of drug-likeness (QED) is 0.513. The molecule has 0 atom stereocenters. The lowest BCUT2D eigenvalue weighted by Crippen LogP contribution is -2.05. The summed E-state index contributed by atoms with van der Waals surface area (Å²) in [5, 5.41) is 9.38. The molecule has 0 spiro atoms. The lowest BCUT2D eigenvalue weighted by atomic mass is 10.0. The van der Waals surface area contributed by atoms with Gasteiger partial charge in [-0.2, -0.15) is 0 Å². The molecule has 0 radical (unpaired) electrons. The van der Waals surface area contributed by atoms with Crippen LogP contribution in [0.3, 0.4) is 0 Å². The smallest absolute Gasteiger partial charge is 0.306 e. The Balaban J connectivity index is 2.21. The van der Waals surface area contributed by atoms with Gasteiger partial charge in [-0.15, -0.1) is 0 Å². The van der Waals surface area contributed by atoms with Crippen LogP contribution in [0.5, 0.6) is 11.5 Å². The van der Waals surface area contributed by atoms with E-state index in [1.807, 2.05) is 0 Å². The number of methoxy groups -OCH3 is 1. The van der Waals surface area contributed by atoms with Gasteiger partial charge in [0.25, 0.3) is 0 Å². The van der Waals surface area contributed by atoms with Crippen molar-refractivity contribution in [3.8, 4) is 11.5 Å². The average molecular weight is 308 g/mol. The molecular weight excluding hydrogens is 280 g/mol. The first-order chi connectivity index (χ1) is 10.5. The van der Waals surface area contributed by atoms with E-state index < -0.39 is 0 Å². The van der Waals surface area contributed by atoms with E-state index in [1.54, 1.807) is 12.1 Å². The third kappa shape index (κ3) is 7.34. The molecule has 0 saturated carbocycles. The van der Waals surface area contributed by atoms with E-state index in [9.17, 15) is 9.90 Å². The van der Waals surface area contributed by atoms with E-state index in [0.29, 0.717) is 12.2 Å². The minimum atomic E-state index is -0.181. The van der Waals surface area contributed by atoms with Crippen LogP contribution in [0.25, 0.3) is 0 Å². The summed E-state index contributed by atoms with van der Waals surface area (Å²) >= 11 is 0. The standard InChI is InChI=1S/C18H28O4/c1-14(2)8-6-4-5-7-9-18(20)22-13-15-10-11-16(19)12-17(15)21-3/h10-12,14,19H,4-9,13H2,1-3H3. The first-order valence-corrected chi connectivity index (χ1v) is 8.04. The zero-order chi connectivity index (χ0) is 16.4. The van der Waals surface area contributed by atoms with Crippen molar-refractivity contribution in [1.82, 2.24) is 0 Å². The summed E-state index contributed by atoms with van der Waals surface area (Å²) in [6.07, 6.45) is 6.08. The Labute approximate surface area is 133 Å². The number of phenolic OH excluding ortho intramolecular Hbond substituents is 1. The van der Waals surface area contributed by atoms with Gasteiger partial charge in [-0.25, -0.2) is 0 Å². The Morgan fingerprint density at radius 1 is 1.18 bits per heavy atom. The molecule has 0 aliphatic carbocycles. The number of unbranched alkanes of at least 4 members (excludes halogenated alkanes) is 3. The molecule has 0 unspecified atom stereocenters. The van der Waals surface area contributed by atoms with Crippen LogP contribution >= 0.6 is 0 Å². The Morgan fingerprint density at radius 2 is 1.91 bits per heavy atom. The molecule has 1 aromatic carbocycles. The maximum absolute atomic E-state index is 11.7. The predicted octanol–water partition coefficient (Wildman–Crippen LogP) is 4.44. The highest BCUT2D eigenvalue weighted by Crippen LogP contribution is 2.24. The predicted molar refractivity (Wildman–Crippen MR) is 87.0 cm³/mol. The maximum atomic E-state index is 11.7. The fourth-order valence-electron chi connectivity index (χ4n) is 2.26. The molecule has 0 saturated heterocycles. The summed E-state index contributed by atoms with van der Waals surface area (Å²) in [7, 11) is 1.53. The van der Waals surface area contributed by atoms with Gasteiger partial charge in [0.15, 0.2) is 0 Å². The number of carbonyl (C=O) groups excluding carboxylic acids is 1. The second-order valence-electron chi connectivity index (χ2n) is 6.00. The number of hydrogen-bond acceptors (Lipinski definition) is 4. The van der Waals surface area contributed by atoms with Gasteiger partial charge in [0.05, 0.1) is 7.11 Å². The Hall–Kier alpha value is -1.71. The normalized spacial score (nSPS) is 10.7. The molecule has 0 aliphatic heterocycles. The van der Waals surface area contributed by atoms with E-state index >= 15 is 0 Å². The Bertz CT molecular complexity index is 454. The SMILES string of the molecule is COc1cc(O)ccc1COC(=O)CCCCCCC(C)C. The largest absolute Gasteiger partial charge is 0.508 e. The van der Waals surface area contributed by atoms with Gasteiger partial charge in [-0.1, -0.05) is 39.5 Å². The Morgan fingerprint density at radius 3 is 2.59 bits per heavy atom. The number of carbonyl (C=O) groups is 1. The van der Waals surface area contributed by atoms with E-state index in [0.717, 1.165) is 24.3 Å². The lowest BCUT2D eigenvalue weighted by Gasteiger charge is -2.10. The summed E-state index contributed by atoms with van der Waals surface area (Å²) in [6.45, 7) is 4.64. The molecule has 0 aromatic heterocycles. The highest BCUT2D eigenvalue weighted by atomic mass is 16.5. The van der Waals surface area contributed by atoms with Crippen molar-refractivity contribution < 1.29 is 19.4 Å². The van der Waals surface area contributed by atoms with Gasteiger partial charge in [-0.3, -0.25) is 4.79 Å². The molecule has 0 amide bonds. The number of esters is 1. The van der Waals surface area contributed by atoms with Crippen LogP contribution in [0.1, 0.15) is 57.9 Å². The fraction of sp³-hybridized carbons (Fsp3) is 0.611. The zero-order valence-corrected chi connectivity index (χ0v) is 13.9. The fourth-order valence-corrected chi connectivity index (χ4v) is 2.26. The molecule has 0 heterocycles. The number of hydrogen-bond donors (Lipinski definition) is 1. The van der Waals surface area contributed by atoms with Crippen LogP contribution in [0.2, 0.25) is 0 Å². The molecule has 22 heavy (non-hydrogen) atoms. The van der Waals surface area contributed by atoms with Gasteiger partial charge >= 0.3 is 5.97 Å². The van der Waals surface area contributed by atoms with Gasteiger partial charge in [0, 0.05) is 18.1 Å². The highest BCUT2D eigenvalue weighted by Gasteiger charge is 2.08. The summed E-state index contributed by atoms with van der Waals surface area (Å²) in [4.78, 5) is 11.7. The third-order valence-electron chi connectivity index (χ3n) is 3.57. The van der Waals surface area contributed by atoms with E-state index in [1.165, 1.54) is 32.4 Å². The maximum Gasteiger partial charge on any atom is 0.306 e. The van der Waals surface area contributed by atoms with Crippen molar-refractivity contribution in [3.05, 3.63) is 23.8 Å². The first kappa shape index (κ1) is 18.3. The van der Waals surface area contributed by atoms with Crippen LogP contribution in [-0.4, -0.2) is 18.2 Å². The second kappa shape index (κ2) is 10.1. The third-order valence-corrected chi connectivity index (χ3v) is 3.57. The van der Waals surface area contributed by atoms with Crippen molar-refractivity contribution in [2.45, 2.75) is 59.0 Å². The molecule has 124 valence electrons. The molecular formula is C18H28O4. The molecule has 1 N–H and O–H groups in total. The van der Waals surface area contributed by atoms with Gasteiger partial charge in [0.2, 0.25) is 0 Å². The topological polar surface area (TPSA) is 55.8 Å². The van der Waals surface area contributed by atoms with Crippen LogP contribution < -0.4 is 4.74 Å². The minimum absolute atomic E-state index is 0.133. The first-order valence-electron chi connectivity index (χ1n) is 8.04. The summed E-state index contributed by atoms with van der Waals surface area (Å²) in [6, 6.07) is 4.77. The van der Waals surface area contributed by atoms with Crippen LogP contribution in [-0.2, 0) is 16.1 Å². The molecule has 1 rings (SSSR count). The number of benzene rings is 1. The van der Waals surface area contributed by atoms with Crippen molar-refractivity contribution in [1.29, 1.82) is 0 Å². The van der Waals surface area contributed by atoms with Gasteiger partial charge in [0.1, 0.15) is 18.1 Å². The average Bonchev–Trinajstić information content (AvgIpc) is 2.49. The van der Waals surface area contributed by atoms with Crippen molar-refractivity contribution in [2.24, 2.45) is 5.92 Å². The van der Waals surface area contributed by atoms with E-state index in [-0.39, 0.29) is 18.3 Å². The van der Waals surface area contributed by atoms with E-state index in [4.69, 9.17) is 9.47 Å². The number of ether oxygens (including phenoxy) is 2. The number of phenols is 1. The molecule has 0 aliphatic rings. The summed E-state index contributed by atoms with van der Waals surface area (Å²) in [5.74, 6) is 1.24. The van der Waals surface area contributed by atoms with Crippen molar-refractivity contribution in [3.63, 3.8) is 0 Å². The van der Waals surface area contributed by atoms with Crippen LogP contribution in [0.15, 0.2) is 18.2 Å². The lowest BCUT2D eigenvalue weighted by molar-refractivity contribution is -0.145. The second-order valence-corrected chi connectivity index (χ2v) is 6.00. The van der Waals surface area contributed by atoms with E-state index in [2.05, 4.69) is 13.8 Å². The number of rotatable bonds is 10. The summed E-state index contributed by atoms with van der Waals surface area (Å²) in [5.41, 5.74) is 0.755. The van der Waals surface area contributed by atoms with Crippen LogP contribution in [0.4, 0.5) is 0 Å². The molecule has 0 bridgehead atoms. The van der Waals surface area contributed by atoms with Gasteiger partial charge < -0.3 is 14.6 Å². The Kier molecular flexibility index (Phi) is 8.41. The molecule has 4 heteroatoms.